The van der Waals surface area contributed by atoms with Crippen LogP contribution in [0.3, 0.4) is 0 Å². The van der Waals surface area contributed by atoms with Crippen LogP contribution in [0.5, 0.6) is 0 Å². The molecule has 0 saturated carbocycles. The maximum absolute atomic E-state index is 12.7. The lowest BCUT2D eigenvalue weighted by molar-refractivity contribution is 0.480. The standard InChI is InChI=1S/C20H19N3O2S/c1-12-5-6-13(2)15(8-12)16-11-26-20-18(16)19(24)22-17(23-20)10-21-9-14-4-3-7-25-14/h3-8,11,21H,9-10H2,1-2H3,(H,22,23,24). The molecule has 4 aromatic rings. The monoisotopic (exact) mass is 365 g/mol. The van der Waals surface area contributed by atoms with Crippen molar-refractivity contribution in [2.75, 3.05) is 0 Å². The Labute approximate surface area is 154 Å². The molecule has 0 bridgehead atoms. The van der Waals surface area contributed by atoms with E-state index < -0.39 is 0 Å². The number of nitrogens with one attached hydrogen (secondary N) is 2. The first kappa shape index (κ1) is 16.8. The molecule has 0 radical (unpaired) electrons. The van der Waals surface area contributed by atoms with Gasteiger partial charge < -0.3 is 14.7 Å². The zero-order valence-electron chi connectivity index (χ0n) is 14.6. The highest BCUT2D eigenvalue weighted by molar-refractivity contribution is 7.17. The Bertz CT molecular complexity index is 1110. The molecule has 6 heteroatoms. The van der Waals surface area contributed by atoms with Gasteiger partial charge in [-0.1, -0.05) is 23.8 Å². The zero-order chi connectivity index (χ0) is 18.1. The summed E-state index contributed by atoms with van der Waals surface area (Å²) in [7, 11) is 0. The molecule has 4 rings (SSSR count). The van der Waals surface area contributed by atoms with Crippen LogP contribution in [0, 0.1) is 13.8 Å². The van der Waals surface area contributed by atoms with Crippen molar-refractivity contribution in [2.24, 2.45) is 0 Å². The van der Waals surface area contributed by atoms with Crippen LogP contribution in [0.15, 0.2) is 51.2 Å². The molecule has 0 atom stereocenters. The lowest BCUT2D eigenvalue weighted by Crippen LogP contribution is -2.18. The molecular formula is C20H19N3O2S. The number of benzene rings is 1. The fourth-order valence-electron chi connectivity index (χ4n) is 3.02. The molecule has 0 amide bonds. The number of aromatic amines is 1. The van der Waals surface area contributed by atoms with Crippen molar-refractivity contribution in [3.63, 3.8) is 0 Å². The molecule has 3 aromatic heterocycles. The Balaban J connectivity index is 1.65. The summed E-state index contributed by atoms with van der Waals surface area (Å²) in [6.07, 6.45) is 1.64. The van der Waals surface area contributed by atoms with Crippen LogP contribution in [0.2, 0.25) is 0 Å². The van der Waals surface area contributed by atoms with E-state index in [1.165, 1.54) is 16.9 Å². The Morgan fingerprint density at radius 2 is 2.08 bits per heavy atom. The highest BCUT2D eigenvalue weighted by Crippen LogP contribution is 2.33. The van der Waals surface area contributed by atoms with Crippen LogP contribution in [-0.4, -0.2) is 9.97 Å². The van der Waals surface area contributed by atoms with Gasteiger partial charge in [0.25, 0.3) is 5.56 Å². The normalized spacial score (nSPS) is 11.3. The van der Waals surface area contributed by atoms with Crippen molar-refractivity contribution in [3.05, 3.63) is 75.0 Å². The van der Waals surface area contributed by atoms with E-state index in [0.29, 0.717) is 24.3 Å². The summed E-state index contributed by atoms with van der Waals surface area (Å²) in [6, 6.07) is 10.0. The number of H-pyrrole nitrogens is 1. The van der Waals surface area contributed by atoms with Crippen molar-refractivity contribution in [2.45, 2.75) is 26.9 Å². The van der Waals surface area contributed by atoms with Crippen molar-refractivity contribution in [1.82, 2.24) is 15.3 Å². The van der Waals surface area contributed by atoms with Crippen molar-refractivity contribution < 1.29 is 4.42 Å². The van der Waals surface area contributed by atoms with Gasteiger partial charge in [-0.3, -0.25) is 4.79 Å². The van der Waals surface area contributed by atoms with Gasteiger partial charge in [-0.25, -0.2) is 4.98 Å². The number of hydrogen-bond acceptors (Lipinski definition) is 5. The van der Waals surface area contributed by atoms with E-state index in [1.54, 1.807) is 6.26 Å². The van der Waals surface area contributed by atoms with E-state index >= 15 is 0 Å². The quantitative estimate of drug-likeness (QED) is 0.557. The van der Waals surface area contributed by atoms with E-state index in [2.05, 4.69) is 47.3 Å². The SMILES string of the molecule is Cc1ccc(C)c(-c2csc3nc(CNCc4ccco4)[nH]c(=O)c23)c1. The van der Waals surface area contributed by atoms with Crippen LogP contribution in [0.25, 0.3) is 21.3 Å². The molecule has 0 aliphatic heterocycles. The minimum absolute atomic E-state index is 0.0954. The molecule has 3 heterocycles. The van der Waals surface area contributed by atoms with Crippen molar-refractivity contribution >= 4 is 21.6 Å². The van der Waals surface area contributed by atoms with E-state index in [9.17, 15) is 4.79 Å². The van der Waals surface area contributed by atoms with Crippen LogP contribution < -0.4 is 10.9 Å². The van der Waals surface area contributed by atoms with Gasteiger partial charge >= 0.3 is 0 Å². The zero-order valence-corrected chi connectivity index (χ0v) is 15.4. The molecule has 0 spiro atoms. The number of aromatic nitrogens is 2. The molecule has 26 heavy (non-hydrogen) atoms. The van der Waals surface area contributed by atoms with Gasteiger partial charge in [0.15, 0.2) is 0 Å². The fraction of sp³-hybridized carbons (Fsp3) is 0.200. The van der Waals surface area contributed by atoms with Gasteiger partial charge in [0.2, 0.25) is 0 Å². The average Bonchev–Trinajstić information content (AvgIpc) is 3.27. The molecule has 0 aliphatic rings. The second-order valence-electron chi connectivity index (χ2n) is 6.34. The topological polar surface area (TPSA) is 70.9 Å². The Hall–Kier alpha value is -2.70. The summed E-state index contributed by atoms with van der Waals surface area (Å²) < 4.78 is 5.29. The third-order valence-electron chi connectivity index (χ3n) is 4.35. The average molecular weight is 365 g/mol. The number of furan rings is 1. The van der Waals surface area contributed by atoms with Crippen molar-refractivity contribution in [1.29, 1.82) is 0 Å². The summed E-state index contributed by atoms with van der Waals surface area (Å²) in [6.45, 7) is 5.19. The van der Waals surface area contributed by atoms with E-state index in [1.807, 2.05) is 17.5 Å². The molecule has 132 valence electrons. The molecule has 0 saturated heterocycles. The Kier molecular flexibility index (Phi) is 4.44. The number of nitrogens with zero attached hydrogens (tertiary/aromatic N) is 1. The van der Waals surface area contributed by atoms with Crippen LogP contribution in [-0.2, 0) is 13.1 Å². The highest BCUT2D eigenvalue weighted by Gasteiger charge is 2.14. The molecule has 0 aliphatic carbocycles. The minimum Gasteiger partial charge on any atom is -0.468 e. The first-order valence-corrected chi connectivity index (χ1v) is 9.31. The summed E-state index contributed by atoms with van der Waals surface area (Å²) in [4.78, 5) is 21.0. The second-order valence-corrected chi connectivity index (χ2v) is 7.20. The number of thiophene rings is 1. The lowest BCUT2D eigenvalue weighted by Gasteiger charge is -2.06. The Morgan fingerprint density at radius 1 is 1.19 bits per heavy atom. The summed E-state index contributed by atoms with van der Waals surface area (Å²) in [5.41, 5.74) is 4.27. The minimum atomic E-state index is -0.0954. The maximum atomic E-state index is 12.7. The third kappa shape index (κ3) is 3.21. The largest absolute Gasteiger partial charge is 0.468 e. The molecule has 5 nitrogen and oxygen atoms in total. The van der Waals surface area contributed by atoms with Gasteiger partial charge in [0.05, 0.1) is 24.7 Å². The van der Waals surface area contributed by atoms with Gasteiger partial charge in [0, 0.05) is 10.9 Å². The smallest absolute Gasteiger partial charge is 0.260 e. The van der Waals surface area contributed by atoms with Crippen LogP contribution >= 0.6 is 11.3 Å². The molecule has 1 aromatic carbocycles. The summed E-state index contributed by atoms with van der Waals surface area (Å²) in [5.74, 6) is 1.48. The van der Waals surface area contributed by atoms with E-state index in [4.69, 9.17) is 4.42 Å². The number of hydrogen-bond donors (Lipinski definition) is 2. The van der Waals surface area contributed by atoms with Crippen LogP contribution in [0.1, 0.15) is 22.7 Å². The Morgan fingerprint density at radius 3 is 2.88 bits per heavy atom. The number of fused-ring (bicyclic) bond motifs is 1. The molecule has 0 unspecified atom stereocenters. The first-order valence-electron chi connectivity index (χ1n) is 8.43. The lowest BCUT2D eigenvalue weighted by atomic mass is 9.99. The first-order chi connectivity index (χ1) is 12.6. The molecule has 0 fully saturated rings. The number of rotatable bonds is 5. The predicted octanol–water partition coefficient (Wildman–Crippen LogP) is 4.15. The number of aryl methyl sites for hydroxylation is 2. The predicted molar refractivity (Wildman–Crippen MR) is 104 cm³/mol. The van der Waals surface area contributed by atoms with Gasteiger partial charge in [-0.15, -0.1) is 11.3 Å². The van der Waals surface area contributed by atoms with Gasteiger partial charge in [-0.05, 0) is 37.1 Å². The molecular weight excluding hydrogens is 346 g/mol. The van der Waals surface area contributed by atoms with E-state index in [-0.39, 0.29) is 5.56 Å². The van der Waals surface area contributed by atoms with E-state index in [0.717, 1.165) is 27.3 Å². The van der Waals surface area contributed by atoms with Crippen LogP contribution in [0.4, 0.5) is 0 Å². The summed E-state index contributed by atoms with van der Waals surface area (Å²) in [5, 5.41) is 5.92. The molecule has 2 N–H and O–H groups in total. The fourth-order valence-corrected chi connectivity index (χ4v) is 3.98. The highest BCUT2D eigenvalue weighted by atomic mass is 32.1. The summed E-state index contributed by atoms with van der Waals surface area (Å²) >= 11 is 1.51. The van der Waals surface area contributed by atoms with Gasteiger partial charge in [-0.2, -0.15) is 0 Å². The second kappa shape index (κ2) is 6.90. The van der Waals surface area contributed by atoms with Crippen molar-refractivity contribution in [3.8, 4) is 11.1 Å². The third-order valence-corrected chi connectivity index (χ3v) is 5.22. The maximum Gasteiger partial charge on any atom is 0.260 e. The van der Waals surface area contributed by atoms with Gasteiger partial charge in [0.1, 0.15) is 16.4 Å².